The number of esters is 1. The highest BCUT2D eigenvalue weighted by atomic mass is 16.6. The fourth-order valence-corrected chi connectivity index (χ4v) is 2.84. The van der Waals surface area contributed by atoms with Crippen molar-refractivity contribution in [3.05, 3.63) is 70.3 Å². The van der Waals surface area contributed by atoms with Gasteiger partial charge in [0.15, 0.2) is 0 Å². The summed E-state index contributed by atoms with van der Waals surface area (Å²) in [5.41, 5.74) is -0.622. The number of carbonyl (C=O) groups excluding carboxylic acids is 2. The Bertz CT molecular complexity index is 851. The third kappa shape index (κ3) is 6.60. The Balaban J connectivity index is 2.05. The molecule has 0 spiro atoms. The summed E-state index contributed by atoms with van der Waals surface area (Å²) in [5, 5.41) is 13.3. The first-order valence-corrected chi connectivity index (χ1v) is 9.15. The van der Waals surface area contributed by atoms with E-state index in [1.165, 1.54) is 24.3 Å². The fraction of sp³-hybridized carbons (Fsp3) is 0.333. The molecule has 2 aromatic rings. The van der Waals surface area contributed by atoms with Crippen LogP contribution in [-0.2, 0) is 16.1 Å². The molecule has 29 heavy (non-hydrogen) atoms. The predicted molar refractivity (Wildman–Crippen MR) is 106 cm³/mol. The number of benzene rings is 2. The van der Waals surface area contributed by atoms with Crippen LogP contribution < -0.4 is 10.1 Å². The van der Waals surface area contributed by atoms with Crippen molar-refractivity contribution < 1.29 is 24.0 Å². The van der Waals surface area contributed by atoms with E-state index in [0.717, 1.165) is 5.56 Å². The summed E-state index contributed by atoms with van der Waals surface area (Å²) in [6, 6.07) is 14.3. The third-order valence-electron chi connectivity index (χ3n) is 4.12. The minimum absolute atomic E-state index is 0.0713. The molecule has 0 bridgehead atoms. The second kappa shape index (κ2) is 9.68. The lowest BCUT2D eigenvalue weighted by molar-refractivity contribution is -0.384. The Morgan fingerprint density at radius 3 is 2.28 bits per heavy atom. The first-order chi connectivity index (χ1) is 13.7. The van der Waals surface area contributed by atoms with Gasteiger partial charge in [0.25, 0.3) is 5.69 Å². The monoisotopic (exact) mass is 400 g/mol. The first-order valence-electron chi connectivity index (χ1n) is 9.15. The Labute approximate surface area is 169 Å². The molecule has 0 aliphatic heterocycles. The minimum atomic E-state index is -1.33. The summed E-state index contributed by atoms with van der Waals surface area (Å²) in [5.74, 6) is -0.453. The standard InChI is InChI=1S/C21H24N2O6/c1-15(2)13-21(3,22-20(25)28-14-16-7-5-4-6-8-16)19(24)29-18-11-9-17(10-12-18)23(26)27/h4-12,15H,13-14H2,1-3H3,(H,22,25)/t21-/m0/s1. The number of amides is 1. The number of non-ortho nitro benzene ring substituents is 1. The normalized spacial score (nSPS) is 12.7. The molecule has 0 radical (unpaired) electrons. The van der Waals surface area contributed by atoms with Gasteiger partial charge in [-0.3, -0.25) is 10.1 Å². The molecule has 0 aliphatic rings. The van der Waals surface area contributed by atoms with E-state index >= 15 is 0 Å². The first kappa shape index (κ1) is 21.9. The molecule has 0 saturated heterocycles. The summed E-state index contributed by atoms with van der Waals surface area (Å²) in [6.45, 7) is 5.45. The van der Waals surface area contributed by atoms with Crippen molar-refractivity contribution in [3.63, 3.8) is 0 Å². The smallest absolute Gasteiger partial charge is 0.408 e. The van der Waals surface area contributed by atoms with E-state index in [9.17, 15) is 19.7 Å². The summed E-state index contributed by atoms with van der Waals surface area (Å²) in [4.78, 5) is 35.2. The number of hydrogen-bond acceptors (Lipinski definition) is 6. The van der Waals surface area contributed by atoms with E-state index in [1.807, 2.05) is 44.2 Å². The van der Waals surface area contributed by atoms with Gasteiger partial charge in [0.05, 0.1) is 4.92 Å². The van der Waals surface area contributed by atoms with Crippen molar-refractivity contribution >= 4 is 17.7 Å². The molecule has 1 amide bonds. The van der Waals surface area contributed by atoms with Gasteiger partial charge in [-0.1, -0.05) is 44.2 Å². The lowest BCUT2D eigenvalue weighted by Crippen LogP contribution is -2.54. The Kier molecular flexibility index (Phi) is 7.30. The highest BCUT2D eigenvalue weighted by molar-refractivity contribution is 5.86. The Morgan fingerprint density at radius 2 is 1.72 bits per heavy atom. The molecule has 0 unspecified atom stereocenters. The van der Waals surface area contributed by atoms with E-state index < -0.39 is 22.5 Å². The minimum Gasteiger partial charge on any atom is -0.445 e. The van der Waals surface area contributed by atoms with Gasteiger partial charge in [-0.25, -0.2) is 9.59 Å². The highest BCUT2D eigenvalue weighted by Gasteiger charge is 2.38. The number of alkyl carbamates (subject to hydrolysis) is 1. The van der Waals surface area contributed by atoms with Crippen LogP contribution >= 0.6 is 0 Å². The van der Waals surface area contributed by atoms with Gasteiger partial charge in [0, 0.05) is 12.1 Å². The molecule has 154 valence electrons. The molecule has 0 saturated carbocycles. The van der Waals surface area contributed by atoms with Crippen LogP contribution in [-0.4, -0.2) is 22.5 Å². The van der Waals surface area contributed by atoms with E-state index in [4.69, 9.17) is 9.47 Å². The lowest BCUT2D eigenvalue weighted by atomic mass is 9.91. The van der Waals surface area contributed by atoms with E-state index in [1.54, 1.807) is 6.92 Å². The molecule has 0 fully saturated rings. The van der Waals surface area contributed by atoms with Gasteiger partial charge in [-0.2, -0.15) is 0 Å². The molecule has 0 aliphatic carbocycles. The van der Waals surface area contributed by atoms with Gasteiger partial charge in [0.2, 0.25) is 0 Å². The topological polar surface area (TPSA) is 108 Å². The van der Waals surface area contributed by atoms with Crippen molar-refractivity contribution in [1.82, 2.24) is 5.32 Å². The Hall–Kier alpha value is -3.42. The van der Waals surface area contributed by atoms with Gasteiger partial charge in [-0.15, -0.1) is 0 Å². The second-order valence-electron chi connectivity index (χ2n) is 7.26. The number of carbonyl (C=O) groups is 2. The van der Waals surface area contributed by atoms with Crippen LogP contribution in [0.2, 0.25) is 0 Å². The quantitative estimate of drug-likeness (QED) is 0.307. The summed E-state index contributed by atoms with van der Waals surface area (Å²) >= 11 is 0. The molecule has 1 N–H and O–H groups in total. The van der Waals surface area contributed by atoms with Crippen molar-refractivity contribution in [2.75, 3.05) is 0 Å². The third-order valence-corrected chi connectivity index (χ3v) is 4.12. The van der Waals surface area contributed by atoms with Crippen LogP contribution in [0.25, 0.3) is 0 Å². The van der Waals surface area contributed by atoms with Crippen molar-refractivity contribution in [2.24, 2.45) is 5.92 Å². The molecular formula is C21H24N2O6. The molecule has 0 heterocycles. The fourth-order valence-electron chi connectivity index (χ4n) is 2.84. The second-order valence-corrected chi connectivity index (χ2v) is 7.26. The van der Waals surface area contributed by atoms with Gasteiger partial charge in [-0.05, 0) is 37.0 Å². The summed E-state index contributed by atoms with van der Waals surface area (Å²) in [7, 11) is 0. The van der Waals surface area contributed by atoms with Crippen molar-refractivity contribution in [2.45, 2.75) is 39.3 Å². The van der Waals surface area contributed by atoms with Crippen molar-refractivity contribution in [3.8, 4) is 5.75 Å². The average Bonchev–Trinajstić information content (AvgIpc) is 2.67. The molecule has 0 aromatic heterocycles. The SMILES string of the molecule is CC(C)C[C@](C)(NC(=O)OCc1ccccc1)C(=O)Oc1ccc([N+](=O)[O-])cc1. The Morgan fingerprint density at radius 1 is 1.10 bits per heavy atom. The average molecular weight is 400 g/mol. The number of hydrogen-bond donors (Lipinski definition) is 1. The van der Waals surface area contributed by atoms with Crippen LogP contribution in [0.5, 0.6) is 5.75 Å². The zero-order valence-electron chi connectivity index (χ0n) is 16.6. The predicted octanol–water partition coefficient (Wildman–Crippen LogP) is 4.23. The molecule has 1 atom stereocenters. The molecular weight excluding hydrogens is 376 g/mol. The molecule has 2 aromatic carbocycles. The van der Waals surface area contributed by atoms with Gasteiger partial charge >= 0.3 is 12.1 Å². The maximum atomic E-state index is 12.8. The van der Waals surface area contributed by atoms with Crippen LogP contribution in [0.3, 0.4) is 0 Å². The number of nitro groups is 1. The number of rotatable bonds is 8. The zero-order chi connectivity index (χ0) is 21.4. The summed E-state index contributed by atoms with van der Waals surface area (Å²) in [6.07, 6.45) is -0.420. The van der Waals surface area contributed by atoms with Crippen LogP contribution in [0.15, 0.2) is 54.6 Å². The maximum Gasteiger partial charge on any atom is 0.408 e. The zero-order valence-corrected chi connectivity index (χ0v) is 16.6. The number of nitrogens with one attached hydrogen (secondary N) is 1. The lowest BCUT2D eigenvalue weighted by Gasteiger charge is -2.29. The van der Waals surface area contributed by atoms with Crippen LogP contribution in [0.1, 0.15) is 32.8 Å². The van der Waals surface area contributed by atoms with E-state index in [0.29, 0.717) is 6.42 Å². The molecule has 8 nitrogen and oxygen atoms in total. The van der Waals surface area contributed by atoms with Gasteiger partial charge < -0.3 is 14.8 Å². The number of nitro benzene ring substituents is 1. The van der Waals surface area contributed by atoms with Gasteiger partial charge in [0.1, 0.15) is 17.9 Å². The largest absolute Gasteiger partial charge is 0.445 e. The maximum absolute atomic E-state index is 12.8. The summed E-state index contributed by atoms with van der Waals surface area (Å²) < 4.78 is 10.6. The van der Waals surface area contributed by atoms with Crippen LogP contribution in [0, 0.1) is 16.0 Å². The van der Waals surface area contributed by atoms with Crippen molar-refractivity contribution in [1.29, 1.82) is 0 Å². The number of ether oxygens (including phenoxy) is 2. The molecule has 2 rings (SSSR count). The van der Waals surface area contributed by atoms with E-state index in [-0.39, 0.29) is 24.0 Å². The van der Waals surface area contributed by atoms with Crippen LogP contribution in [0.4, 0.5) is 10.5 Å². The van der Waals surface area contributed by atoms with E-state index in [2.05, 4.69) is 5.32 Å². The molecule has 8 heteroatoms. The number of nitrogens with zero attached hydrogens (tertiary/aromatic N) is 1. The highest BCUT2D eigenvalue weighted by Crippen LogP contribution is 2.23.